The molecule has 1 heterocycles. The number of nitrogens with zero attached hydrogens (tertiary/aromatic N) is 2. The molecule has 0 bridgehead atoms. The van der Waals surface area contributed by atoms with E-state index < -0.39 is 0 Å². The van der Waals surface area contributed by atoms with Crippen LogP contribution in [0, 0.1) is 11.8 Å². The van der Waals surface area contributed by atoms with E-state index in [2.05, 4.69) is 23.5 Å². The Labute approximate surface area is 109 Å². The summed E-state index contributed by atoms with van der Waals surface area (Å²) in [6.07, 6.45) is 8.05. The summed E-state index contributed by atoms with van der Waals surface area (Å²) in [5.74, 6) is 2.32. The second-order valence-electron chi connectivity index (χ2n) is 4.94. The van der Waals surface area contributed by atoms with Crippen LogP contribution in [0.2, 0.25) is 0 Å². The molecule has 1 fully saturated rings. The van der Waals surface area contributed by atoms with Crippen molar-refractivity contribution in [1.82, 2.24) is 15.1 Å². The number of halogens is 1. The number of hydrogen-bond donors (Lipinski definition) is 1. The molecule has 0 radical (unpaired) electrons. The molecule has 17 heavy (non-hydrogen) atoms. The van der Waals surface area contributed by atoms with Crippen LogP contribution in [0.25, 0.3) is 0 Å². The number of alkyl halides is 1. The first-order chi connectivity index (χ1) is 8.33. The lowest BCUT2D eigenvalue weighted by Crippen LogP contribution is -2.25. The highest BCUT2D eigenvalue weighted by Gasteiger charge is 2.25. The second-order valence-corrected chi connectivity index (χ2v) is 5.25. The molecule has 0 saturated heterocycles. The monoisotopic (exact) mass is 255 g/mol. The van der Waals surface area contributed by atoms with Crippen LogP contribution in [0.1, 0.15) is 31.7 Å². The zero-order valence-electron chi connectivity index (χ0n) is 10.5. The van der Waals surface area contributed by atoms with Crippen molar-refractivity contribution in [1.29, 1.82) is 0 Å². The molecule has 2 unspecified atom stereocenters. The number of hydrogen-bond acceptors (Lipinski definition) is 2. The molecule has 0 amide bonds. The maximum Gasteiger partial charge on any atom is 0.0534 e. The third kappa shape index (κ3) is 3.46. The third-order valence-electron chi connectivity index (χ3n) is 3.76. The first-order valence-electron chi connectivity index (χ1n) is 6.61. The molecule has 2 atom stereocenters. The zero-order chi connectivity index (χ0) is 12.1. The van der Waals surface area contributed by atoms with Crippen LogP contribution >= 0.6 is 11.6 Å². The largest absolute Gasteiger partial charge is 0.312 e. The van der Waals surface area contributed by atoms with Gasteiger partial charge in [0.2, 0.25) is 0 Å². The van der Waals surface area contributed by atoms with Crippen molar-refractivity contribution < 1.29 is 0 Å². The van der Waals surface area contributed by atoms with Gasteiger partial charge in [-0.15, -0.1) is 11.6 Å². The molecule has 2 rings (SSSR count). The van der Waals surface area contributed by atoms with Gasteiger partial charge in [0, 0.05) is 30.7 Å². The van der Waals surface area contributed by atoms with Crippen molar-refractivity contribution in [3.63, 3.8) is 0 Å². The van der Waals surface area contributed by atoms with Crippen LogP contribution in [0.15, 0.2) is 12.4 Å². The third-order valence-corrected chi connectivity index (χ3v) is 4.16. The van der Waals surface area contributed by atoms with Gasteiger partial charge in [0.1, 0.15) is 0 Å². The average molecular weight is 256 g/mol. The molecule has 1 saturated carbocycles. The lowest BCUT2D eigenvalue weighted by molar-refractivity contribution is 0.395. The smallest absolute Gasteiger partial charge is 0.0534 e. The molecule has 1 N–H and O–H groups in total. The van der Waals surface area contributed by atoms with Crippen molar-refractivity contribution in [2.75, 3.05) is 12.4 Å². The van der Waals surface area contributed by atoms with E-state index in [0.29, 0.717) is 0 Å². The van der Waals surface area contributed by atoms with Crippen LogP contribution in [-0.2, 0) is 13.1 Å². The highest BCUT2D eigenvalue weighted by Crippen LogP contribution is 2.31. The first-order valence-corrected chi connectivity index (χ1v) is 7.15. The molecule has 1 aliphatic rings. The molecule has 1 aromatic rings. The Morgan fingerprint density at radius 2 is 2.29 bits per heavy atom. The summed E-state index contributed by atoms with van der Waals surface area (Å²) in [5.41, 5.74) is 1.27. The van der Waals surface area contributed by atoms with Gasteiger partial charge in [0.25, 0.3) is 0 Å². The molecular weight excluding hydrogens is 234 g/mol. The number of nitrogens with one attached hydrogen (secondary N) is 1. The van der Waals surface area contributed by atoms with Crippen molar-refractivity contribution in [3.8, 4) is 0 Å². The highest BCUT2D eigenvalue weighted by atomic mass is 35.5. The minimum atomic E-state index is 0.725. The molecule has 3 nitrogen and oxygen atoms in total. The maximum absolute atomic E-state index is 5.98. The summed E-state index contributed by atoms with van der Waals surface area (Å²) in [6.45, 7) is 5.06. The van der Waals surface area contributed by atoms with E-state index in [9.17, 15) is 0 Å². The standard InChI is InChI=1S/C13H22ClN3/c1-2-17-10-11(8-16-17)7-15-9-13-5-3-4-12(13)6-14/h8,10,12-13,15H,2-7,9H2,1H3. The summed E-state index contributed by atoms with van der Waals surface area (Å²) in [7, 11) is 0. The lowest BCUT2D eigenvalue weighted by atomic mass is 9.98. The molecule has 1 aromatic heterocycles. The fraction of sp³-hybridized carbons (Fsp3) is 0.769. The Kier molecular flexibility index (Phi) is 4.86. The molecule has 0 aromatic carbocycles. The van der Waals surface area contributed by atoms with Crippen LogP contribution in [0.4, 0.5) is 0 Å². The Morgan fingerprint density at radius 1 is 1.47 bits per heavy atom. The Bertz CT molecular complexity index is 337. The SMILES string of the molecule is CCn1cc(CNCC2CCCC2CCl)cn1. The molecule has 0 spiro atoms. The van der Waals surface area contributed by atoms with Gasteiger partial charge in [0.05, 0.1) is 6.20 Å². The minimum Gasteiger partial charge on any atom is -0.312 e. The van der Waals surface area contributed by atoms with Gasteiger partial charge >= 0.3 is 0 Å². The molecule has 4 heteroatoms. The van der Waals surface area contributed by atoms with Gasteiger partial charge in [-0.1, -0.05) is 6.42 Å². The minimum absolute atomic E-state index is 0.725. The van der Waals surface area contributed by atoms with Crippen LogP contribution in [0.3, 0.4) is 0 Å². The van der Waals surface area contributed by atoms with Crippen molar-refractivity contribution in [2.24, 2.45) is 11.8 Å². The van der Waals surface area contributed by atoms with Gasteiger partial charge in [-0.25, -0.2) is 0 Å². The molecule has 96 valence electrons. The van der Waals surface area contributed by atoms with Gasteiger partial charge in [-0.3, -0.25) is 4.68 Å². The van der Waals surface area contributed by atoms with Crippen LogP contribution in [-0.4, -0.2) is 22.2 Å². The summed E-state index contributed by atoms with van der Waals surface area (Å²) in [6, 6.07) is 0. The van der Waals surface area contributed by atoms with Gasteiger partial charge < -0.3 is 5.32 Å². The maximum atomic E-state index is 5.98. The van der Waals surface area contributed by atoms with Gasteiger partial charge in [-0.2, -0.15) is 5.10 Å². The van der Waals surface area contributed by atoms with E-state index in [0.717, 1.165) is 37.4 Å². The molecular formula is C13H22ClN3. The first kappa shape index (κ1) is 12.9. The fourth-order valence-corrected chi connectivity index (χ4v) is 3.06. The highest BCUT2D eigenvalue weighted by molar-refractivity contribution is 6.18. The van der Waals surface area contributed by atoms with E-state index in [1.807, 2.05) is 10.9 Å². The van der Waals surface area contributed by atoms with Gasteiger partial charge in [-0.05, 0) is 38.1 Å². The van der Waals surface area contributed by atoms with Crippen molar-refractivity contribution >= 4 is 11.6 Å². The predicted molar refractivity (Wildman–Crippen MR) is 71.2 cm³/mol. The quantitative estimate of drug-likeness (QED) is 0.792. The summed E-state index contributed by atoms with van der Waals surface area (Å²) < 4.78 is 1.97. The predicted octanol–water partition coefficient (Wildman–Crippen LogP) is 2.65. The Morgan fingerprint density at radius 3 is 3.00 bits per heavy atom. The van der Waals surface area contributed by atoms with Crippen LogP contribution in [0.5, 0.6) is 0 Å². The Balaban J connectivity index is 1.72. The number of rotatable bonds is 6. The molecule has 1 aliphatic carbocycles. The fourth-order valence-electron chi connectivity index (χ4n) is 2.66. The topological polar surface area (TPSA) is 29.9 Å². The van der Waals surface area contributed by atoms with Gasteiger partial charge in [0.15, 0.2) is 0 Å². The van der Waals surface area contributed by atoms with Crippen LogP contribution < -0.4 is 5.32 Å². The molecule has 0 aliphatic heterocycles. The summed E-state index contributed by atoms with van der Waals surface area (Å²) in [4.78, 5) is 0. The summed E-state index contributed by atoms with van der Waals surface area (Å²) in [5, 5.41) is 7.81. The van der Waals surface area contributed by atoms with E-state index >= 15 is 0 Å². The lowest BCUT2D eigenvalue weighted by Gasteiger charge is -2.17. The average Bonchev–Trinajstić information content (AvgIpc) is 2.97. The summed E-state index contributed by atoms with van der Waals surface area (Å²) >= 11 is 5.98. The second kappa shape index (κ2) is 6.41. The number of aryl methyl sites for hydroxylation is 1. The van der Waals surface area contributed by atoms with E-state index in [4.69, 9.17) is 11.6 Å². The van der Waals surface area contributed by atoms with E-state index in [-0.39, 0.29) is 0 Å². The van der Waals surface area contributed by atoms with Crippen molar-refractivity contribution in [3.05, 3.63) is 18.0 Å². The van der Waals surface area contributed by atoms with Crippen molar-refractivity contribution in [2.45, 2.75) is 39.3 Å². The number of aromatic nitrogens is 2. The zero-order valence-corrected chi connectivity index (χ0v) is 11.3. The van der Waals surface area contributed by atoms with E-state index in [1.165, 1.54) is 24.8 Å². The van der Waals surface area contributed by atoms with E-state index in [1.54, 1.807) is 0 Å². The normalized spacial score (nSPS) is 24.4. The Hall–Kier alpha value is -0.540.